The summed E-state index contributed by atoms with van der Waals surface area (Å²) in [6.45, 7) is 4.31. The molecule has 1 heterocycles. The summed E-state index contributed by atoms with van der Waals surface area (Å²) in [4.78, 5) is 34.8. The molecule has 2 atom stereocenters. The van der Waals surface area contributed by atoms with Crippen LogP contribution in [0.3, 0.4) is 0 Å². The Balaban J connectivity index is 2.34. The number of rotatable bonds is 5. The molecule has 0 saturated carbocycles. The maximum atomic E-state index is 11.7. The minimum absolute atomic E-state index is 0.0764. The number of hydrogen-bond donors (Lipinski definition) is 3. The van der Waals surface area contributed by atoms with Gasteiger partial charge in [0, 0.05) is 12.5 Å². The molecule has 2 unspecified atom stereocenters. The molecule has 6 heteroatoms. The fourth-order valence-electron chi connectivity index (χ4n) is 1.85. The van der Waals surface area contributed by atoms with Gasteiger partial charge in [-0.2, -0.15) is 0 Å². The molecule has 19 heavy (non-hydrogen) atoms. The van der Waals surface area contributed by atoms with Crippen LogP contribution in [0.4, 0.5) is 0 Å². The molecule has 6 nitrogen and oxygen atoms in total. The molecule has 1 fully saturated rings. The van der Waals surface area contributed by atoms with Gasteiger partial charge >= 0.3 is 0 Å². The Kier molecular flexibility index (Phi) is 6.32. The van der Waals surface area contributed by atoms with Gasteiger partial charge in [-0.1, -0.05) is 13.8 Å². The van der Waals surface area contributed by atoms with Gasteiger partial charge in [-0.15, -0.1) is 0 Å². The van der Waals surface area contributed by atoms with Crippen LogP contribution in [-0.4, -0.2) is 36.9 Å². The maximum absolute atomic E-state index is 11.7. The molecule has 1 saturated heterocycles. The van der Waals surface area contributed by atoms with E-state index in [0.29, 0.717) is 13.0 Å². The second-order valence-electron chi connectivity index (χ2n) is 4.93. The first-order valence-corrected chi connectivity index (χ1v) is 6.89. The second-order valence-corrected chi connectivity index (χ2v) is 4.93. The van der Waals surface area contributed by atoms with Crippen molar-refractivity contribution in [2.45, 2.75) is 45.6 Å². The first kappa shape index (κ1) is 15.5. The van der Waals surface area contributed by atoms with Gasteiger partial charge in [0.05, 0.1) is 6.54 Å². The summed E-state index contributed by atoms with van der Waals surface area (Å²) in [5.74, 6) is -0.699. The smallest absolute Gasteiger partial charge is 0.242 e. The van der Waals surface area contributed by atoms with Crippen molar-refractivity contribution in [2.75, 3.05) is 13.1 Å². The monoisotopic (exact) mass is 269 g/mol. The number of carbonyl (C=O) groups is 3. The zero-order valence-corrected chi connectivity index (χ0v) is 11.6. The standard InChI is InChI=1S/C13H23N3O3/c1-3-9(2)12(18)15-8-11(17)16-10-6-4-5-7-14-13(10)19/h9-10H,3-8H2,1-2H3,(H,14,19)(H,15,18)(H,16,17). The Hall–Kier alpha value is -1.59. The van der Waals surface area contributed by atoms with Crippen LogP contribution in [0.2, 0.25) is 0 Å². The molecule has 1 aliphatic heterocycles. The molecule has 1 aliphatic rings. The van der Waals surface area contributed by atoms with Crippen molar-refractivity contribution in [3.8, 4) is 0 Å². The quantitative estimate of drug-likeness (QED) is 0.653. The summed E-state index contributed by atoms with van der Waals surface area (Å²) in [5.41, 5.74) is 0. The van der Waals surface area contributed by atoms with Crippen molar-refractivity contribution >= 4 is 17.7 Å². The highest BCUT2D eigenvalue weighted by Crippen LogP contribution is 2.05. The molecule has 108 valence electrons. The van der Waals surface area contributed by atoms with Crippen LogP contribution in [0, 0.1) is 5.92 Å². The number of nitrogens with one attached hydrogen (secondary N) is 3. The molecule has 0 aliphatic carbocycles. The van der Waals surface area contributed by atoms with E-state index in [1.165, 1.54) is 0 Å². The van der Waals surface area contributed by atoms with Crippen molar-refractivity contribution in [2.24, 2.45) is 5.92 Å². The minimum atomic E-state index is -0.476. The average Bonchev–Trinajstić information content (AvgIpc) is 2.60. The van der Waals surface area contributed by atoms with Gasteiger partial charge in [0.15, 0.2) is 0 Å². The first-order chi connectivity index (χ1) is 9.04. The molecular weight excluding hydrogens is 246 g/mol. The van der Waals surface area contributed by atoms with E-state index in [9.17, 15) is 14.4 Å². The largest absolute Gasteiger partial charge is 0.354 e. The Morgan fingerprint density at radius 1 is 1.42 bits per heavy atom. The van der Waals surface area contributed by atoms with E-state index in [1.54, 1.807) is 0 Å². The van der Waals surface area contributed by atoms with E-state index < -0.39 is 6.04 Å². The molecule has 0 aromatic carbocycles. The number of hydrogen-bond acceptors (Lipinski definition) is 3. The highest BCUT2D eigenvalue weighted by Gasteiger charge is 2.22. The summed E-state index contributed by atoms with van der Waals surface area (Å²) in [6, 6.07) is -0.476. The third kappa shape index (κ3) is 5.28. The lowest BCUT2D eigenvalue weighted by atomic mass is 10.1. The molecule has 0 radical (unpaired) electrons. The summed E-state index contributed by atoms with van der Waals surface area (Å²) in [6.07, 6.45) is 3.22. The lowest BCUT2D eigenvalue weighted by Gasteiger charge is -2.16. The van der Waals surface area contributed by atoms with Crippen LogP contribution in [0.25, 0.3) is 0 Å². The average molecular weight is 269 g/mol. The summed E-state index contributed by atoms with van der Waals surface area (Å²) in [5, 5.41) is 7.98. The van der Waals surface area contributed by atoms with Gasteiger partial charge in [0.1, 0.15) is 6.04 Å². The van der Waals surface area contributed by atoms with Crippen LogP contribution in [0.1, 0.15) is 39.5 Å². The third-order valence-electron chi connectivity index (χ3n) is 3.35. The predicted molar refractivity (Wildman–Crippen MR) is 71.3 cm³/mol. The summed E-state index contributed by atoms with van der Waals surface area (Å²) < 4.78 is 0. The van der Waals surface area contributed by atoms with E-state index in [4.69, 9.17) is 0 Å². The Morgan fingerprint density at radius 2 is 2.16 bits per heavy atom. The minimum Gasteiger partial charge on any atom is -0.354 e. The van der Waals surface area contributed by atoms with Gasteiger partial charge in [0.2, 0.25) is 17.7 Å². The zero-order valence-electron chi connectivity index (χ0n) is 11.6. The van der Waals surface area contributed by atoms with E-state index in [-0.39, 0.29) is 30.2 Å². The van der Waals surface area contributed by atoms with Crippen LogP contribution in [0.5, 0.6) is 0 Å². The number of amides is 3. The molecule has 3 amide bonds. The lowest BCUT2D eigenvalue weighted by Crippen LogP contribution is -2.48. The first-order valence-electron chi connectivity index (χ1n) is 6.89. The van der Waals surface area contributed by atoms with Gasteiger partial charge in [-0.05, 0) is 25.7 Å². The predicted octanol–water partition coefficient (Wildman–Crippen LogP) is -0.0664. The highest BCUT2D eigenvalue weighted by atomic mass is 16.2. The van der Waals surface area contributed by atoms with E-state index >= 15 is 0 Å². The molecule has 1 rings (SSSR count). The third-order valence-corrected chi connectivity index (χ3v) is 3.35. The molecule has 0 aromatic rings. The Labute approximate surface area is 113 Å². The van der Waals surface area contributed by atoms with Gasteiger partial charge in [-0.3, -0.25) is 14.4 Å². The molecule has 0 aromatic heterocycles. The van der Waals surface area contributed by atoms with Crippen LogP contribution in [0.15, 0.2) is 0 Å². The van der Waals surface area contributed by atoms with Crippen molar-refractivity contribution in [1.29, 1.82) is 0 Å². The van der Waals surface area contributed by atoms with E-state index in [1.807, 2.05) is 13.8 Å². The zero-order chi connectivity index (χ0) is 14.3. The Morgan fingerprint density at radius 3 is 2.84 bits per heavy atom. The second kappa shape index (κ2) is 7.76. The number of carbonyl (C=O) groups excluding carboxylic acids is 3. The summed E-state index contributed by atoms with van der Waals surface area (Å²) in [7, 11) is 0. The van der Waals surface area contributed by atoms with Crippen molar-refractivity contribution in [1.82, 2.24) is 16.0 Å². The highest BCUT2D eigenvalue weighted by molar-refractivity contribution is 5.90. The molecular formula is C13H23N3O3. The van der Waals surface area contributed by atoms with Gasteiger partial charge in [0.25, 0.3) is 0 Å². The van der Waals surface area contributed by atoms with Crippen molar-refractivity contribution in [3.63, 3.8) is 0 Å². The maximum Gasteiger partial charge on any atom is 0.242 e. The topological polar surface area (TPSA) is 87.3 Å². The van der Waals surface area contributed by atoms with Crippen LogP contribution < -0.4 is 16.0 Å². The molecule has 0 bridgehead atoms. The molecule has 3 N–H and O–H groups in total. The fourth-order valence-corrected chi connectivity index (χ4v) is 1.85. The summed E-state index contributed by atoms with van der Waals surface area (Å²) >= 11 is 0. The van der Waals surface area contributed by atoms with Gasteiger partial charge < -0.3 is 16.0 Å². The Bertz CT molecular complexity index is 344. The van der Waals surface area contributed by atoms with Crippen LogP contribution >= 0.6 is 0 Å². The molecule has 0 spiro atoms. The van der Waals surface area contributed by atoms with Crippen molar-refractivity contribution < 1.29 is 14.4 Å². The van der Waals surface area contributed by atoms with Crippen LogP contribution in [-0.2, 0) is 14.4 Å². The van der Waals surface area contributed by atoms with Gasteiger partial charge in [-0.25, -0.2) is 0 Å². The van der Waals surface area contributed by atoms with E-state index in [2.05, 4.69) is 16.0 Å². The lowest BCUT2D eigenvalue weighted by molar-refractivity contribution is -0.130. The SMILES string of the molecule is CCC(C)C(=O)NCC(=O)NC1CCCCNC1=O. The van der Waals surface area contributed by atoms with Crippen molar-refractivity contribution in [3.05, 3.63) is 0 Å². The normalized spacial score (nSPS) is 20.9. The fraction of sp³-hybridized carbons (Fsp3) is 0.769. The van der Waals surface area contributed by atoms with E-state index in [0.717, 1.165) is 19.3 Å².